The lowest BCUT2D eigenvalue weighted by molar-refractivity contribution is -0.123. The molecule has 0 aliphatic carbocycles. The summed E-state index contributed by atoms with van der Waals surface area (Å²) < 4.78 is 15.7. The van der Waals surface area contributed by atoms with Crippen molar-refractivity contribution in [1.82, 2.24) is 10.2 Å². The van der Waals surface area contributed by atoms with E-state index in [1.54, 1.807) is 31.4 Å². The smallest absolute Gasteiger partial charge is 0.257 e. The number of amides is 1. The van der Waals surface area contributed by atoms with Crippen LogP contribution in [0.3, 0.4) is 0 Å². The zero-order valence-corrected chi connectivity index (χ0v) is 13.6. The molecule has 1 N–H and O–H groups in total. The van der Waals surface area contributed by atoms with Crippen molar-refractivity contribution in [2.45, 2.75) is 0 Å². The lowest BCUT2D eigenvalue weighted by atomic mass is 10.3. The van der Waals surface area contributed by atoms with Crippen molar-refractivity contribution in [3.8, 4) is 11.5 Å². The summed E-state index contributed by atoms with van der Waals surface area (Å²) in [4.78, 5) is 13.9. The maximum absolute atomic E-state index is 11.7. The van der Waals surface area contributed by atoms with Crippen LogP contribution >= 0.6 is 12.4 Å². The fraction of sp³-hybridized carbons (Fsp3) is 0.533. The lowest BCUT2D eigenvalue weighted by Crippen LogP contribution is -2.42. The highest BCUT2D eigenvalue weighted by atomic mass is 35.5. The Bertz CT molecular complexity index is 436. The van der Waals surface area contributed by atoms with Gasteiger partial charge in [0.15, 0.2) is 6.61 Å². The second kappa shape index (κ2) is 10.3. The van der Waals surface area contributed by atoms with Gasteiger partial charge in [0.1, 0.15) is 11.5 Å². The van der Waals surface area contributed by atoms with Gasteiger partial charge in [-0.2, -0.15) is 0 Å². The third-order valence-electron chi connectivity index (χ3n) is 3.28. The van der Waals surface area contributed by atoms with E-state index in [9.17, 15) is 4.79 Å². The number of carbonyl (C=O) groups excluding carboxylic acids is 1. The first kappa shape index (κ1) is 18.5. The Labute approximate surface area is 137 Å². The normalized spacial score (nSPS) is 14.8. The Morgan fingerprint density at radius 1 is 1.23 bits per heavy atom. The van der Waals surface area contributed by atoms with E-state index in [1.807, 2.05) is 0 Å². The standard InChI is InChI=1S/C15H22N2O4.ClH/c1-19-13-2-4-14(5-3-13)21-12-15(18)16-6-7-17-8-10-20-11-9-17;/h2-5H,6-12H2,1H3,(H,16,18);1H. The molecule has 0 radical (unpaired) electrons. The minimum absolute atomic E-state index is 0. The lowest BCUT2D eigenvalue weighted by Gasteiger charge is -2.26. The van der Waals surface area contributed by atoms with Gasteiger partial charge in [-0.3, -0.25) is 9.69 Å². The van der Waals surface area contributed by atoms with Crippen molar-refractivity contribution in [3.05, 3.63) is 24.3 Å². The van der Waals surface area contributed by atoms with Gasteiger partial charge in [-0.15, -0.1) is 12.4 Å². The summed E-state index contributed by atoms with van der Waals surface area (Å²) in [6.07, 6.45) is 0. The van der Waals surface area contributed by atoms with Crippen LogP contribution in [0.1, 0.15) is 0 Å². The van der Waals surface area contributed by atoms with Crippen molar-refractivity contribution < 1.29 is 19.0 Å². The van der Waals surface area contributed by atoms with E-state index in [1.165, 1.54) is 0 Å². The minimum atomic E-state index is -0.112. The number of halogens is 1. The molecule has 1 aromatic carbocycles. The average Bonchev–Trinajstić information content (AvgIpc) is 2.54. The molecule has 0 bridgehead atoms. The zero-order valence-electron chi connectivity index (χ0n) is 12.7. The van der Waals surface area contributed by atoms with Crippen molar-refractivity contribution in [1.29, 1.82) is 0 Å². The first-order chi connectivity index (χ1) is 10.3. The van der Waals surface area contributed by atoms with Crippen LogP contribution in [-0.4, -0.2) is 63.9 Å². The third kappa shape index (κ3) is 6.51. The number of benzene rings is 1. The van der Waals surface area contributed by atoms with Crippen LogP contribution in [0.4, 0.5) is 0 Å². The van der Waals surface area contributed by atoms with Gasteiger partial charge < -0.3 is 19.5 Å². The topological polar surface area (TPSA) is 60.0 Å². The molecule has 1 heterocycles. The fourth-order valence-electron chi connectivity index (χ4n) is 2.05. The van der Waals surface area contributed by atoms with Crippen molar-refractivity contribution in [2.75, 3.05) is 53.1 Å². The Morgan fingerprint density at radius 3 is 2.50 bits per heavy atom. The summed E-state index contributed by atoms with van der Waals surface area (Å²) >= 11 is 0. The SMILES string of the molecule is COc1ccc(OCC(=O)NCCN2CCOCC2)cc1.Cl. The number of carbonyl (C=O) groups is 1. The molecule has 1 fully saturated rings. The second-order valence-electron chi connectivity index (χ2n) is 4.77. The van der Waals surface area contributed by atoms with Gasteiger partial charge in [0.05, 0.1) is 20.3 Å². The number of ether oxygens (including phenoxy) is 3. The summed E-state index contributed by atoms with van der Waals surface area (Å²) in [6, 6.07) is 7.15. The highest BCUT2D eigenvalue weighted by Gasteiger charge is 2.10. The molecule has 22 heavy (non-hydrogen) atoms. The number of rotatable bonds is 7. The van der Waals surface area contributed by atoms with Crippen LogP contribution in [-0.2, 0) is 9.53 Å². The van der Waals surface area contributed by atoms with Crippen LogP contribution < -0.4 is 14.8 Å². The molecule has 7 heteroatoms. The van der Waals surface area contributed by atoms with E-state index in [4.69, 9.17) is 14.2 Å². The Kier molecular flexibility index (Phi) is 8.65. The molecule has 1 aromatic rings. The molecular weight excluding hydrogens is 308 g/mol. The number of morpholine rings is 1. The Morgan fingerprint density at radius 2 is 1.86 bits per heavy atom. The predicted molar refractivity (Wildman–Crippen MR) is 86.0 cm³/mol. The average molecular weight is 331 g/mol. The summed E-state index contributed by atoms with van der Waals surface area (Å²) in [7, 11) is 1.61. The number of nitrogens with zero attached hydrogens (tertiary/aromatic N) is 1. The highest BCUT2D eigenvalue weighted by molar-refractivity contribution is 5.85. The van der Waals surface area contributed by atoms with E-state index in [0.29, 0.717) is 12.3 Å². The molecule has 6 nitrogen and oxygen atoms in total. The molecule has 1 saturated heterocycles. The Hall–Kier alpha value is -1.50. The summed E-state index contributed by atoms with van der Waals surface area (Å²) in [6.45, 7) is 4.90. The molecule has 0 saturated carbocycles. The molecule has 1 aliphatic heterocycles. The number of methoxy groups -OCH3 is 1. The number of hydrogen-bond acceptors (Lipinski definition) is 5. The van der Waals surface area contributed by atoms with E-state index in [-0.39, 0.29) is 24.9 Å². The van der Waals surface area contributed by atoms with Crippen LogP contribution in [0, 0.1) is 0 Å². The molecule has 0 atom stereocenters. The maximum atomic E-state index is 11.7. The first-order valence-corrected chi connectivity index (χ1v) is 7.11. The van der Waals surface area contributed by atoms with Crippen LogP contribution in [0.2, 0.25) is 0 Å². The van der Waals surface area contributed by atoms with Crippen LogP contribution in [0.15, 0.2) is 24.3 Å². The van der Waals surface area contributed by atoms with Gasteiger partial charge in [0, 0.05) is 26.2 Å². The quantitative estimate of drug-likeness (QED) is 0.806. The van der Waals surface area contributed by atoms with Gasteiger partial charge in [0.2, 0.25) is 0 Å². The zero-order chi connectivity index (χ0) is 14.9. The molecule has 2 rings (SSSR count). The largest absolute Gasteiger partial charge is 0.497 e. The first-order valence-electron chi connectivity index (χ1n) is 7.11. The molecule has 124 valence electrons. The van der Waals surface area contributed by atoms with Gasteiger partial charge in [0.25, 0.3) is 5.91 Å². The van der Waals surface area contributed by atoms with Crippen LogP contribution in [0.25, 0.3) is 0 Å². The molecular formula is C15H23ClN2O4. The third-order valence-corrected chi connectivity index (χ3v) is 3.28. The van der Waals surface area contributed by atoms with Crippen molar-refractivity contribution in [3.63, 3.8) is 0 Å². The van der Waals surface area contributed by atoms with E-state index in [2.05, 4.69) is 10.2 Å². The number of hydrogen-bond donors (Lipinski definition) is 1. The van der Waals surface area contributed by atoms with E-state index in [0.717, 1.165) is 38.6 Å². The fourth-order valence-corrected chi connectivity index (χ4v) is 2.05. The van der Waals surface area contributed by atoms with Gasteiger partial charge >= 0.3 is 0 Å². The van der Waals surface area contributed by atoms with E-state index >= 15 is 0 Å². The van der Waals surface area contributed by atoms with Gasteiger partial charge in [-0.25, -0.2) is 0 Å². The van der Waals surface area contributed by atoms with E-state index < -0.39 is 0 Å². The minimum Gasteiger partial charge on any atom is -0.497 e. The highest BCUT2D eigenvalue weighted by Crippen LogP contribution is 2.16. The predicted octanol–water partition coefficient (Wildman–Crippen LogP) is 0.944. The summed E-state index contributed by atoms with van der Waals surface area (Å²) in [5.41, 5.74) is 0. The second-order valence-corrected chi connectivity index (χ2v) is 4.77. The molecule has 0 aromatic heterocycles. The maximum Gasteiger partial charge on any atom is 0.257 e. The molecule has 0 unspecified atom stereocenters. The summed E-state index contributed by atoms with van der Waals surface area (Å²) in [5, 5.41) is 2.85. The Balaban J connectivity index is 0.00000242. The molecule has 1 aliphatic rings. The van der Waals surface area contributed by atoms with Crippen LogP contribution in [0.5, 0.6) is 11.5 Å². The van der Waals surface area contributed by atoms with Crippen molar-refractivity contribution in [2.24, 2.45) is 0 Å². The number of nitrogens with one attached hydrogen (secondary N) is 1. The van der Waals surface area contributed by atoms with Gasteiger partial charge in [-0.1, -0.05) is 0 Å². The monoisotopic (exact) mass is 330 g/mol. The van der Waals surface area contributed by atoms with Crippen molar-refractivity contribution >= 4 is 18.3 Å². The van der Waals surface area contributed by atoms with Gasteiger partial charge in [-0.05, 0) is 24.3 Å². The summed E-state index contributed by atoms with van der Waals surface area (Å²) in [5.74, 6) is 1.30. The molecule has 1 amide bonds. The molecule has 0 spiro atoms.